The van der Waals surface area contributed by atoms with Gasteiger partial charge in [0.1, 0.15) is 53.5 Å². The highest BCUT2D eigenvalue weighted by molar-refractivity contribution is 7.99. The highest BCUT2D eigenvalue weighted by Gasteiger charge is 2.49. The molecule has 9 atom stereocenters. The molecule has 2 heterocycles. The van der Waals surface area contributed by atoms with E-state index in [1.807, 2.05) is 0 Å². The average Bonchev–Trinajstić information content (AvgIpc) is 3.38. The van der Waals surface area contributed by atoms with Gasteiger partial charge in [-0.05, 0) is 44.4 Å². The maximum absolute atomic E-state index is 13.1. The molecule has 2 saturated heterocycles. The van der Waals surface area contributed by atoms with Crippen molar-refractivity contribution >= 4 is 23.6 Å². The summed E-state index contributed by atoms with van der Waals surface area (Å²) < 4.78 is 16.6. The molecule has 0 aliphatic carbocycles. The zero-order chi connectivity index (χ0) is 28.7. The molecular weight excluding hydrogens is 532 g/mol. The minimum absolute atomic E-state index is 0.110. The van der Waals surface area contributed by atoms with Gasteiger partial charge in [-0.15, -0.1) is 11.8 Å². The summed E-state index contributed by atoms with van der Waals surface area (Å²) in [6, 6.07) is 2.27. The Labute approximate surface area is 232 Å². The van der Waals surface area contributed by atoms with Crippen molar-refractivity contribution in [2.24, 2.45) is 5.92 Å². The summed E-state index contributed by atoms with van der Waals surface area (Å²) in [6.07, 6.45) is -3.44. The Morgan fingerprint density at radius 2 is 1.95 bits per heavy atom. The van der Waals surface area contributed by atoms with Crippen molar-refractivity contribution in [3.05, 3.63) is 23.8 Å². The molecule has 3 rings (SSSR count). The Bertz CT molecular complexity index is 969. The molecule has 2 aliphatic heterocycles. The van der Waals surface area contributed by atoms with Crippen molar-refractivity contribution in [3.63, 3.8) is 0 Å². The second-order valence-corrected chi connectivity index (χ2v) is 11.2. The highest BCUT2D eigenvalue weighted by Crippen LogP contribution is 2.31. The van der Waals surface area contributed by atoms with Crippen LogP contribution in [0.15, 0.2) is 18.2 Å². The van der Waals surface area contributed by atoms with Gasteiger partial charge in [-0.25, -0.2) is 4.79 Å². The molecule has 0 radical (unpaired) electrons. The number of amides is 1. The zero-order valence-corrected chi connectivity index (χ0v) is 23.2. The van der Waals surface area contributed by atoms with Gasteiger partial charge >= 0.3 is 5.97 Å². The number of benzene rings is 1. The third kappa shape index (κ3) is 7.97. The topological polar surface area (TPSA) is 187 Å². The van der Waals surface area contributed by atoms with Crippen LogP contribution in [0.1, 0.15) is 43.5 Å². The number of esters is 1. The Kier molecular flexibility index (Phi) is 11.7. The van der Waals surface area contributed by atoms with Gasteiger partial charge < -0.3 is 50.4 Å². The predicted octanol–water partition coefficient (Wildman–Crippen LogP) is 0.0933. The van der Waals surface area contributed by atoms with Crippen LogP contribution in [0, 0.1) is 5.92 Å². The Morgan fingerprint density at radius 1 is 1.21 bits per heavy atom. The summed E-state index contributed by atoms with van der Waals surface area (Å²) in [5, 5.41) is 57.2. The van der Waals surface area contributed by atoms with E-state index in [0.29, 0.717) is 12.3 Å². The van der Waals surface area contributed by atoms with Crippen molar-refractivity contribution in [1.29, 1.82) is 0 Å². The Hall–Kier alpha value is -2.13. The number of carbonyl (C=O) groups excluding carboxylic acids is 2. The fourth-order valence-corrected chi connectivity index (χ4v) is 5.87. The minimum atomic E-state index is -1.56. The third-order valence-electron chi connectivity index (χ3n) is 7.18. The van der Waals surface area contributed by atoms with Crippen molar-refractivity contribution < 1.29 is 49.3 Å². The zero-order valence-electron chi connectivity index (χ0n) is 22.4. The van der Waals surface area contributed by atoms with E-state index in [1.165, 1.54) is 19.2 Å². The summed E-state index contributed by atoms with van der Waals surface area (Å²) in [6.45, 7) is 4.45. The SMILES string of the molecule is CCC[C@H]1CN[C@H](C(=O)N[C@@H]([C@H]2O[C@H](SCCOC(=O)c3ccc(O)cc3O)[C@H](O)[C@@H](O)[C@H]2O)[C@@H](C)OC)C1. The van der Waals surface area contributed by atoms with Crippen molar-refractivity contribution in [1.82, 2.24) is 10.6 Å². The minimum Gasteiger partial charge on any atom is -0.508 e. The third-order valence-corrected chi connectivity index (χ3v) is 8.30. The molecule has 0 unspecified atom stereocenters. The number of rotatable bonds is 12. The number of hydrogen-bond acceptors (Lipinski definition) is 12. The summed E-state index contributed by atoms with van der Waals surface area (Å²) in [4.78, 5) is 25.3. The van der Waals surface area contributed by atoms with Gasteiger partial charge in [0.05, 0.1) is 18.2 Å². The van der Waals surface area contributed by atoms with Gasteiger partial charge in [-0.1, -0.05) is 13.3 Å². The number of ether oxygens (including phenoxy) is 3. The lowest BCUT2D eigenvalue weighted by molar-refractivity contribution is -0.212. The number of aliphatic hydroxyl groups excluding tert-OH is 3. The Balaban J connectivity index is 1.60. The molecule has 1 aromatic carbocycles. The number of nitrogens with one attached hydrogen (secondary N) is 2. The van der Waals surface area contributed by atoms with E-state index in [-0.39, 0.29) is 29.6 Å². The fraction of sp³-hybridized carbons (Fsp3) is 0.692. The van der Waals surface area contributed by atoms with Gasteiger partial charge in [0, 0.05) is 18.9 Å². The van der Waals surface area contributed by atoms with Crippen LogP contribution in [0.2, 0.25) is 0 Å². The second-order valence-electron chi connectivity index (χ2n) is 9.98. The molecule has 12 nitrogen and oxygen atoms in total. The van der Waals surface area contributed by atoms with E-state index < -0.39 is 59.8 Å². The van der Waals surface area contributed by atoms with E-state index in [1.54, 1.807) is 6.92 Å². The summed E-state index contributed by atoms with van der Waals surface area (Å²) in [7, 11) is 1.46. The van der Waals surface area contributed by atoms with E-state index >= 15 is 0 Å². The molecular formula is C26H40N2O10S. The first-order valence-corrected chi connectivity index (χ1v) is 14.2. The smallest absolute Gasteiger partial charge is 0.341 e. The van der Waals surface area contributed by atoms with Gasteiger partial charge in [0.25, 0.3) is 0 Å². The number of phenols is 2. The lowest BCUT2D eigenvalue weighted by Gasteiger charge is -2.44. The number of carbonyl (C=O) groups is 2. The molecule has 0 aromatic heterocycles. The molecule has 0 saturated carbocycles. The summed E-state index contributed by atoms with van der Waals surface area (Å²) >= 11 is 1.06. The predicted molar refractivity (Wildman–Crippen MR) is 142 cm³/mol. The monoisotopic (exact) mass is 572 g/mol. The number of phenolic OH excluding ortho intramolecular Hbond substituents is 2. The molecule has 2 aliphatic rings. The van der Waals surface area contributed by atoms with E-state index in [2.05, 4.69) is 17.6 Å². The van der Waals surface area contributed by atoms with Gasteiger partial charge in [-0.2, -0.15) is 0 Å². The van der Waals surface area contributed by atoms with Gasteiger partial charge in [0.15, 0.2) is 0 Å². The summed E-state index contributed by atoms with van der Waals surface area (Å²) in [5.74, 6) is -1.12. The van der Waals surface area contributed by atoms with Crippen LogP contribution in [0.25, 0.3) is 0 Å². The number of hydrogen-bond donors (Lipinski definition) is 7. The molecule has 220 valence electrons. The van der Waals surface area contributed by atoms with E-state index in [9.17, 15) is 35.1 Å². The number of thioether (sulfide) groups is 1. The highest BCUT2D eigenvalue weighted by atomic mass is 32.2. The van der Waals surface area contributed by atoms with Crippen LogP contribution in [-0.2, 0) is 19.0 Å². The first kappa shape index (κ1) is 31.4. The van der Waals surface area contributed by atoms with E-state index in [0.717, 1.165) is 37.2 Å². The van der Waals surface area contributed by atoms with Crippen molar-refractivity contribution in [3.8, 4) is 11.5 Å². The van der Waals surface area contributed by atoms with Crippen molar-refractivity contribution in [2.75, 3.05) is 26.0 Å². The molecule has 2 fully saturated rings. The molecule has 0 bridgehead atoms. The first-order chi connectivity index (χ1) is 18.6. The second kappa shape index (κ2) is 14.5. The van der Waals surface area contributed by atoms with Crippen molar-refractivity contribution in [2.45, 2.75) is 81.1 Å². The van der Waals surface area contributed by atoms with Crippen LogP contribution < -0.4 is 10.6 Å². The standard InChI is InChI=1S/C26H40N2O10S/c1-4-5-14-10-17(27-12-14)24(34)28-19(13(2)36-3)23-21(32)20(31)22(33)26(38-23)39-9-8-37-25(35)16-7-6-15(29)11-18(16)30/h6-7,11,13-14,17,19-23,26-27,29-33H,4-5,8-10,12H2,1-3H3,(H,28,34)/t13-,14-,17+,19-,20+,21-,22-,23-,26-/m1/s1. The number of methoxy groups -OCH3 is 1. The summed E-state index contributed by atoms with van der Waals surface area (Å²) in [5.41, 5.74) is -1.12. The molecule has 0 spiro atoms. The number of aromatic hydroxyl groups is 2. The normalized spacial score (nSPS) is 30.5. The molecule has 1 aromatic rings. The quantitative estimate of drug-likeness (QED) is 0.132. The molecule has 13 heteroatoms. The van der Waals surface area contributed by atoms with Crippen LogP contribution in [0.3, 0.4) is 0 Å². The maximum Gasteiger partial charge on any atom is 0.341 e. The van der Waals surface area contributed by atoms with Gasteiger partial charge in [0.2, 0.25) is 5.91 Å². The molecule has 7 N–H and O–H groups in total. The van der Waals surface area contributed by atoms with Gasteiger partial charge in [-0.3, -0.25) is 4.79 Å². The van der Waals surface area contributed by atoms with Crippen LogP contribution >= 0.6 is 11.8 Å². The van der Waals surface area contributed by atoms with Crippen LogP contribution in [0.5, 0.6) is 11.5 Å². The lowest BCUT2D eigenvalue weighted by atomic mass is 9.91. The average molecular weight is 573 g/mol. The van der Waals surface area contributed by atoms with E-state index in [4.69, 9.17) is 14.2 Å². The van der Waals surface area contributed by atoms with Crippen LogP contribution in [-0.4, -0.2) is 111 Å². The maximum atomic E-state index is 13.1. The lowest BCUT2D eigenvalue weighted by Crippen LogP contribution is -2.66. The Morgan fingerprint density at radius 3 is 2.62 bits per heavy atom. The molecule has 39 heavy (non-hydrogen) atoms. The first-order valence-electron chi connectivity index (χ1n) is 13.1. The largest absolute Gasteiger partial charge is 0.508 e. The van der Waals surface area contributed by atoms with Crippen LogP contribution in [0.4, 0.5) is 0 Å². The number of aliphatic hydroxyl groups is 3. The molecule has 1 amide bonds. The fourth-order valence-electron chi connectivity index (χ4n) is 4.89.